The molecule has 78 valence electrons. The zero-order chi connectivity index (χ0) is 11.0. The van der Waals surface area contributed by atoms with Crippen LogP contribution in [0.25, 0.3) is 11.3 Å². The second-order valence-electron chi connectivity index (χ2n) is 2.96. The lowest BCUT2D eigenvalue weighted by Crippen LogP contribution is -1.98. The Kier molecular flexibility index (Phi) is 1.89. The number of aromatic nitrogens is 4. The van der Waals surface area contributed by atoms with Crippen LogP contribution in [0.5, 0.6) is 0 Å². The summed E-state index contributed by atoms with van der Waals surface area (Å²) < 4.78 is 1.47. The van der Waals surface area contributed by atoms with Crippen molar-refractivity contribution in [1.82, 2.24) is 20.0 Å². The van der Waals surface area contributed by atoms with Gasteiger partial charge in [-0.15, -0.1) is 5.10 Å². The molecule has 2 rings (SSSR count). The molecule has 2 aromatic heterocycles. The largest absolute Gasteiger partial charge is 0.396 e. The molecule has 0 aliphatic rings. The summed E-state index contributed by atoms with van der Waals surface area (Å²) in [7, 11) is 1.66. The van der Waals surface area contributed by atoms with E-state index in [1.807, 2.05) is 0 Å². The predicted octanol–water partition coefficient (Wildman–Crippen LogP) is 0.301. The minimum Gasteiger partial charge on any atom is -0.396 e. The fourth-order valence-electron chi connectivity index (χ4n) is 1.38. The van der Waals surface area contributed by atoms with Crippen molar-refractivity contribution >= 4 is 11.5 Å². The number of nitrogens with one attached hydrogen (secondary N) is 1. The topological polar surface area (TPSA) is 116 Å². The third-order valence-electron chi connectivity index (χ3n) is 2.02. The number of aryl methyl sites for hydroxylation is 1. The number of aromatic amines is 1. The lowest BCUT2D eigenvalue weighted by atomic mass is 10.2. The second-order valence-corrected chi connectivity index (χ2v) is 2.96. The van der Waals surface area contributed by atoms with Gasteiger partial charge in [0.1, 0.15) is 11.3 Å². The van der Waals surface area contributed by atoms with Crippen LogP contribution in [0.3, 0.4) is 0 Å². The normalized spacial score (nSPS) is 10.5. The molecule has 2 aromatic rings. The van der Waals surface area contributed by atoms with Gasteiger partial charge in [-0.05, 0) is 4.92 Å². The van der Waals surface area contributed by atoms with Crippen LogP contribution in [-0.2, 0) is 7.05 Å². The van der Waals surface area contributed by atoms with Gasteiger partial charge in [-0.1, -0.05) is 5.10 Å². The van der Waals surface area contributed by atoms with E-state index in [0.29, 0.717) is 16.9 Å². The summed E-state index contributed by atoms with van der Waals surface area (Å²) in [4.78, 5) is 10.1. The quantitative estimate of drug-likeness (QED) is 0.543. The average molecular weight is 208 g/mol. The van der Waals surface area contributed by atoms with E-state index in [4.69, 9.17) is 5.73 Å². The number of nitro groups is 1. The fourth-order valence-corrected chi connectivity index (χ4v) is 1.38. The van der Waals surface area contributed by atoms with Gasteiger partial charge in [-0.2, -0.15) is 5.10 Å². The van der Waals surface area contributed by atoms with Crippen LogP contribution in [0.4, 0.5) is 11.5 Å². The predicted molar refractivity (Wildman–Crippen MR) is 51.9 cm³/mol. The number of H-pyrrole nitrogens is 1. The van der Waals surface area contributed by atoms with Crippen LogP contribution in [0.15, 0.2) is 12.4 Å². The average Bonchev–Trinajstić information content (AvgIpc) is 2.73. The first kappa shape index (κ1) is 9.19. The fraction of sp³-hybridized carbons (Fsp3) is 0.143. The van der Waals surface area contributed by atoms with Crippen molar-refractivity contribution in [2.24, 2.45) is 7.05 Å². The van der Waals surface area contributed by atoms with Gasteiger partial charge in [0.2, 0.25) is 0 Å². The third-order valence-corrected chi connectivity index (χ3v) is 2.02. The van der Waals surface area contributed by atoms with Crippen LogP contribution in [0.1, 0.15) is 0 Å². The molecule has 0 atom stereocenters. The highest BCUT2D eigenvalue weighted by molar-refractivity contribution is 5.77. The Bertz CT molecular complexity index is 494. The molecule has 2 heterocycles. The number of nitrogen functional groups attached to an aromatic ring is 1. The first-order chi connectivity index (χ1) is 7.11. The highest BCUT2D eigenvalue weighted by Crippen LogP contribution is 2.30. The van der Waals surface area contributed by atoms with Gasteiger partial charge in [0, 0.05) is 7.05 Å². The first-order valence-corrected chi connectivity index (χ1v) is 4.07. The Morgan fingerprint density at radius 3 is 2.87 bits per heavy atom. The monoisotopic (exact) mass is 208 g/mol. The maximum absolute atomic E-state index is 10.7. The third kappa shape index (κ3) is 1.31. The molecule has 0 fully saturated rings. The maximum atomic E-state index is 10.7. The molecule has 8 heteroatoms. The molecule has 0 bridgehead atoms. The Morgan fingerprint density at radius 1 is 1.60 bits per heavy atom. The highest BCUT2D eigenvalue weighted by atomic mass is 16.6. The molecule has 0 spiro atoms. The van der Waals surface area contributed by atoms with E-state index in [1.54, 1.807) is 7.05 Å². The zero-order valence-electron chi connectivity index (χ0n) is 7.84. The molecule has 0 saturated carbocycles. The van der Waals surface area contributed by atoms with Crippen molar-refractivity contribution in [2.45, 2.75) is 0 Å². The summed E-state index contributed by atoms with van der Waals surface area (Å²) in [5, 5.41) is 20.5. The molecular formula is C7H8N6O2. The number of nitrogens with zero attached hydrogens (tertiary/aromatic N) is 4. The van der Waals surface area contributed by atoms with Crippen molar-refractivity contribution < 1.29 is 4.92 Å². The van der Waals surface area contributed by atoms with Crippen molar-refractivity contribution in [1.29, 1.82) is 0 Å². The van der Waals surface area contributed by atoms with Gasteiger partial charge in [0.15, 0.2) is 0 Å². The Hall–Kier alpha value is -2.38. The summed E-state index contributed by atoms with van der Waals surface area (Å²) in [6, 6.07) is 0. The Morgan fingerprint density at radius 2 is 2.33 bits per heavy atom. The van der Waals surface area contributed by atoms with E-state index >= 15 is 0 Å². The smallest absolute Gasteiger partial charge is 0.352 e. The molecular weight excluding hydrogens is 200 g/mol. The molecule has 8 nitrogen and oxygen atoms in total. The molecule has 0 aromatic carbocycles. The van der Waals surface area contributed by atoms with Crippen LogP contribution < -0.4 is 5.73 Å². The summed E-state index contributed by atoms with van der Waals surface area (Å²) in [5.41, 5.74) is 6.84. The van der Waals surface area contributed by atoms with Crippen LogP contribution in [0.2, 0.25) is 0 Å². The van der Waals surface area contributed by atoms with Gasteiger partial charge in [0.25, 0.3) is 0 Å². The van der Waals surface area contributed by atoms with Gasteiger partial charge < -0.3 is 15.8 Å². The molecule has 0 radical (unpaired) electrons. The molecule has 0 amide bonds. The lowest BCUT2D eigenvalue weighted by molar-refractivity contribution is -0.388. The maximum Gasteiger partial charge on any atom is 0.352 e. The summed E-state index contributed by atoms with van der Waals surface area (Å²) >= 11 is 0. The van der Waals surface area contributed by atoms with Crippen molar-refractivity contribution in [3.63, 3.8) is 0 Å². The van der Waals surface area contributed by atoms with Crippen molar-refractivity contribution in [3.8, 4) is 11.3 Å². The van der Waals surface area contributed by atoms with Gasteiger partial charge >= 0.3 is 5.82 Å². The SMILES string of the molecule is Cn1ncc(N)c1-c1cn[nH]c1[N+](=O)[O-]. The van der Waals surface area contributed by atoms with Gasteiger partial charge in [-0.3, -0.25) is 4.68 Å². The minimum absolute atomic E-state index is 0.190. The molecule has 0 saturated heterocycles. The van der Waals surface area contributed by atoms with Crippen molar-refractivity contribution in [2.75, 3.05) is 5.73 Å². The molecule has 15 heavy (non-hydrogen) atoms. The molecule has 0 unspecified atom stereocenters. The zero-order valence-corrected chi connectivity index (χ0v) is 7.84. The number of hydrogen-bond donors (Lipinski definition) is 2. The summed E-state index contributed by atoms with van der Waals surface area (Å²) in [6.07, 6.45) is 2.79. The van der Waals surface area contributed by atoms with Crippen LogP contribution in [0, 0.1) is 10.1 Å². The second kappa shape index (κ2) is 3.08. The Labute approximate surface area is 83.9 Å². The van der Waals surface area contributed by atoms with E-state index in [2.05, 4.69) is 15.3 Å². The van der Waals surface area contributed by atoms with Gasteiger partial charge in [0.05, 0.1) is 18.1 Å². The van der Waals surface area contributed by atoms with Crippen LogP contribution >= 0.6 is 0 Å². The van der Waals surface area contributed by atoms with Gasteiger partial charge in [-0.25, -0.2) is 0 Å². The molecule has 0 aliphatic heterocycles. The summed E-state index contributed by atoms with van der Waals surface area (Å²) in [5.74, 6) is -0.190. The van der Waals surface area contributed by atoms with E-state index < -0.39 is 4.92 Å². The lowest BCUT2D eigenvalue weighted by Gasteiger charge is -2.00. The first-order valence-electron chi connectivity index (χ1n) is 4.07. The van der Waals surface area contributed by atoms with E-state index in [0.717, 1.165) is 0 Å². The van der Waals surface area contributed by atoms with E-state index in [9.17, 15) is 10.1 Å². The van der Waals surface area contributed by atoms with E-state index in [1.165, 1.54) is 17.1 Å². The number of rotatable bonds is 2. The highest BCUT2D eigenvalue weighted by Gasteiger charge is 2.21. The van der Waals surface area contributed by atoms with E-state index in [-0.39, 0.29) is 5.82 Å². The molecule has 3 N–H and O–H groups in total. The number of anilines is 1. The standard InChI is InChI=1S/C7H8N6O2/c1-12-6(5(8)3-10-12)4-2-9-11-7(4)13(14)15/h2-3H,8H2,1H3,(H,9,11). The number of nitrogens with two attached hydrogens (primary N) is 1. The number of hydrogen-bond acceptors (Lipinski definition) is 5. The molecule has 0 aliphatic carbocycles. The van der Waals surface area contributed by atoms with Crippen molar-refractivity contribution in [3.05, 3.63) is 22.5 Å². The minimum atomic E-state index is -0.547. The Balaban J connectivity index is 2.64. The van der Waals surface area contributed by atoms with Crippen LogP contribution in [-0.4, -0.2) is 24.9 Å². The summed E-state index contributed by atoms with van der Waals surface area (Å²) in [6.45, 7) is 0.